The molecule has 0 saturated carbocycles. The number of hydrogen-bond donors (Lipinski definition) is 2. The second kappa shape index (κ2) is 5.87. The van der Waals surface area contributed by atoms with Crippen LogP contribution in [0, 0.1) is 0 Å². The molecule has 19 heavy (non-hydrogen) atoms. The van der Waals surface area contributed by atoms with E-state index in [0.717, 1.165) is 0 Å². The average Bonchev–Trinajstić information content (AvgIpc) is 2.62. The van der Waals surface area contributed by atoms with Crippen molar-refractivity contribution in [1.29, 1.82) is 0 Å². The van der Waals surface area contributed by atoms with Crippen LogP contribution in [0.15, 0.2) is 0 Å². The van der Waals surface area contributed by atoms with Gasteiger partial charge in [-0.3, -0.25) is 4.79 Å². The number of carbonyl (C=O) groups excluding carboxylic acids is 2. The van der Waals surface area contributed by atoms with Gasteiger partial charge >= 0.3 is 12.0 Å². The van der Waals surface area contributed by atoms with Gasteiger partial charge in [0, 0.05) is 19.6 Å². The van der Waals surface area contributed by atoms with Crippen molar-refractivity contribution in [3.63, 3.8) is 0 Å². The minimum Gasteiger partial charge on any atom is -0.479 e. The van der Waals surface area contributed by atoms with Gasteiger partial charge in [0.15, 0.2) is 6.10 Å². The van der Waals surface area contributed by atoms with Gasteiger partial charge in [-0.1, -0.05) is 0 Å². The Morgan fingerprint density at radius 2 is 2.11 bits per heavy atom. The Labute approximate surface area is 110 Å². The third-order valence-corrected chi connectivity index (χ3v) is 3.14. The number of aliphatic carboxylic acids is 1. The van der Waals surface area contributed by atoms with Crippen molar-refractivity contribution < 1.29 is 24.2 Å². The van der Waals surface area contributed by atoms with Crippen molar-refractivity contribution in [2.45, 2.75) is 12.5 Å². The van der Waals surface area contributed by atoms with Crippen molar-refractivity contribution in [3.05, 3.63) is 0 Å². The van der Waals surface area contributed by atoms with Crippen LogP contribution in [-0.2, 0) is 14.3 Å². The number of morpholine rings is 1. The van der Waals surface area contributed by atoms with E-state index in [0.29, 0.717) is 26.1 Å². The van der Waals surface area contributed by atoms with Crippen molar-refractivity contribution in [2.75, 3.05) is 39.3 Å². The Balaban J connectivity index is 1.97. The highest BCUT2D eigenvalue weighted by atomic mass is 16.5. The summed E-state index contributed by atoms with van der Waals surface area (Å²) < 4.78 is 5.06. The number of nitrogens with one attached hydrogen (secondary N) is 1. The van der Waals surface area contributed by atoms with Crippen LogP contribution < -0.4 is 5.32 Å². The summed E-state index contributed by atoms with van der Waals surface area (Å²) in [5, 5.41) is 11.6. The highest BCUT2D eigenvalue weighted by molar-refractivity contribution is 5.85. The van der Waals surface area contributed by atoms with Gasteiger partial charge in [-0.15, -0.1) is 0 Å². The van der Waals surface area contributed by atoms with Crippen LogP contribution in [0.25, 0.3) is 0 Å². The fraction of sp³-hybridized carbons (Fsp3) is 0.727. The topological polar surface area (TPSA) is 99.2 Å². The highest BCUT2D eigenvalue weighted by Gasteiger charge is 2.32. The van der Waals surface area contributed by atoms with Crippen LogP contribution in [0.3, 0.4) is 0 Å². The van der Waals surface area contributed by atoms with Gasteiger partial charge in [0.1, 0.15) is 6.54 Å². The molecule has 1 atom stereocenters. The molecule has 8 heteroatoms. The van der Waals surface area contributed by atoms with Crippen LogP contribution in [-0.4, -0.2) is 78.2 Å². The molecule has 0 aliphatic carbocycles. The van der Waals surface area contributed by atoms with Gasteiger partial charge in [0.05, 0.1) is 13.2 Å². The first kappa shape index (κ1) is 13.6. The van der Waals surface area contributed by atoms with Crippen molar-refractivity contribution >= 4 is 17.9 Å². The standard InChI is InChI=1S/C11H17N3O5/c15-9-7-13(3-1-2-12-9)11(18)14-4-5-19-8(6-14)10(16)17/h8H,1-7H2,(H,12,15)(H,16,17). The summed E-state index contributed by atoms with van der Waals surface area (Å²) >= 11 is 0. The fourth-order valence-electron chi connectivity index (χ4n) is 2.14. The fourth-order valence-corrected chi connectivity index (χ4v) is 2.14. The molecule has 8 nitrogen and oxygen atoms in total. The summed E-state index contributed by atoms with van der Waals surface area (Å²) in [6.45, 7) is 1.64. The Kier molecular flexibility index (Phi) is 4.20. The van der Waals surface area contributed by atoms with E-state index in [9.17, 15) is 14.4 Å². The third kappa shape index (κ3) is 3.34. The monoisotopic (exact) mass is 271 g/mol. The maximum atomic E-state index is 12.2. The van der Waals surface area contributed by atoms with Gasteiger partial charge in [-0.05, 0) is 6.42 Å². The number of nitrogens with zero attached hydrogens (tertiary/aromatic N) is 2. The summed E-state index contributed by atoms with van der Waals surface area (Å²) in [6.07, 6.45) is -0.289. The number of hydrogen-bond acceptors (Lipinski definition) is 4. The molecular weight excluding hydrogens is 254 g/mol. The van der Waals surface area contributed by atoms with Crippen molar-refractivity contribution in [3.8, 4) is 0 Å². The zero-order chi connectivity index (χ0) is 13.8. The Hall–Kier alpha value is -1.83. The van der Waals surface area contributed by atoms with Crippen LogP contribution >= 0.6 is 0 Å². The van der Waals surface area contributed by atoms with E-state index in [-0.39, 0.29) is 31.6 Å². The van der Waals surface area contributed by atoms with Crippen LogP contribution in [0.5, 0.6) is 0 Å². The molecule has 0 radical (unpaired) electrons. The first-order valence-electron chi connectivity index (χ1n) is 6.23. The van der Waals surface area contributed by atoms with Crippen LogP contribution in [0.4, 0.5) is 4.79 Å². The summed E-state index contributed by atoms with van der Waals surface area (Å²) in [5.74, 6) is -1.26. The lowest BCUT2D eigenvalue weighted by Crippen LogP contribution is -2.53. The molecule has 0 aromatic rings. The van der Waals surface area contributed by atoms with E-state index < -0.39 is 12.1 Å². The first-order valence-corrected chi connectivity index (χ1v) is 6.23. The molecule has 1 unspecified atom stereocenters. The minimum absolute atomic E-state index is 0.0201. The van der Waals surface area contributed by atoms with Gasteiger partial charge in [0.25, 0.3) is 0 Å². The number of urea groups is 1. The molecular formula is C11H17N3O5. The summed E-state index contributed by atoms with van der Waals surface area (Å²) in [7, 11) is 0. The smallest absolute Gasteiger partial charge is 0.334 e. The number of carbonyl (C=O) groups is 3. The average molecular weight is 271 g/mol. The van der Waals surface area contributed by atoms with Gasteiger partial charge < -0.3 is 25.0 Å². The highest BCUT2D eigenvalue weighted by Crippen LogP contribution is 2.10. The van der Waals surface area contributed by atoms with E-state index in [1.54, 1.807) is 0 Å². The quantitative estimate of drug-likeness (QED) is 0.618. The molecule has 106 valence electrons. The number of carboxylic acids is 1. The number of ether oxygens (including phenoxy) is 1. The van der Waals surface area contributed by atoms with Crippen LogP contribution in [0.2, 0.25) is 0 Å². The lowest BCUT2D eigenvalue weighted by molar-refractivity contribution is -0.154. The Morgan fingerprint density at radius 3 is 2.84 bits per heavy atom. The molecule has 2 rings (SSSR count). The molecule has 0 bridgehead atoms. The zero-order valence-corrected chi connectivity index (χ0v) is 10.5. The van der Waals surface area contributed by atoms with E-state index in [1.165, 1.54) is 9.80 Å². The molecule has 2 aliphatic heterocycles. The summed E-state index contributed by atoms with van der Waals surface area (Å²) in [4.78, 5) is 37.4. The van der Waals surface area contributed by atoms with Crippen LogP contribution in [0.1, 0.15) is 6.42 Å². The SMILES string of the molecule is O=C1CN(C(=O)N2CCOC(C(=O)O)C2)CCCN1. The van der Waals surface area contributed by atoms with E-state index in [1.807, 2.05) is 0 Å². The molecule has 2 saturated heterocycles. The lowest BCUT2D eigenvalue weighted by Gasteiger charge is -2.34. The number of amides is 3. The maximum Gasteiger partial charge on any atom is 0.334 e. The zero-order valence-electron chi connectivity index (χ0n) is 10.5. The van der Waals surface area contributed by atoms with E-state index in [4.69, 9.17) is 9.84 Å². The van der Waals surface area contributed by atoms with Crippen molar-refractivity contribution in [2.24, 2.45) is 0 Å². The molecule has 2 N–H and O–H groups in total. The predicted molar refractivity (Wildman–Crippen MR) is 63.5 cm³/mol. The molecule has 2 heterocycles. The number of carboxylic acid groups (broad SMARTS) is 1. The summed E-state index contributed by atoms with van der Waals surface area (Å²) in [5.41, 5.74) is 0. The molecule has 0 spiro atoms. The molecule has 2 aliphatic rings. The Morgan fingerprint density at radius 1 is 1.32 bits per heavy atom. The van der Waals surface area contributed by atoms with Crippen molar-refractivity contribution in [1.82, 2.24) is 15.1 Å². The molecule has 0 aromatic heterocycles. The maximum absolute atomic E-state index is 12.2. The lowest BCUT2D eigenvalue weighted by atomic mass is 10.3. The third-order valence-electron chi connectivity index (χ3n) is 3.14. The number of rotatable bonds is 1. The molecule has 2 fully saturated rings. The van der Waals surface area contributed by atoms with Gasteiger partial charge in [-0.2, -0.15) is 0 Å². The van der Waals surface area contributed by atoms with E-state index in [2.05, 4.69) is 5.32 Å². The minimum atomic E-state index is -1.08. The van der Waals surface area contributed by atoms with Gasteiger partial charge in [-0.25, -0.2) is 9.59 Å². The second-order valence-corrected chi connectivity index (χ2v) is 4.55. The first-order chi connectivity index (χ1) is 9.08. The largest absolute Gasteiger partial charge is 0.479 e. The van der Waals surface area contributed by atoms with E-state index >= 15 is 0 Å². The Bertz CT molecular complexity index is 387. The second-order valence-electron chi connectivity index (χ2n) is 4.55. The molecule has 3 amide bonds. The van der Waals surface area contributed by atoms with Gasteiger partial charge in [0.2, 0.25) is 5.91 Å². The predicted octanol–water partition coefficient (Wildman–Crippen LogP) is -1.29. The normalized spacial score (nSPS) is 24.6. The summed E-state index contributed by atoms with van der Waals surface area (Å²) in [6, 6.07) is -0.299. The molecule has 0 aromatic carbocycles.